The van der Waals surface area contributed by atoms with Crippen LogP contribution in [0.15, 0.2) is 42.2 Å². The Morgan fingerprint density at radius 1 is 1.28 bits per heavy atom. The van der Waals surface area contributed by atoms with Crippen molar-refractivity contribution in [2.24, 2.45) is 0 Å². The Morgan fingerprint density at radius 3 is 2.60 bits per heavy atom. The summed E-state index contributed by atoms with van der Waals surface area (Å²) < 4.78 is 24.1. The van der Waals surface area contributed by atoms with Crippen LogP contribution >= 0.6 is 0 Å². The highest BCUT2D eigenvalue weighted by Crippen LogP contribution is 2.16. The zero-order valence-electron chi connectivity index (χ0n) is 14.6. The van der Waals surface area contributed by atoms with E-state index >= 15 is 0 Å². The molecule has 0 saturated carbocycles. The molecule has 1 unspecified atom stereocenters. The van der Waals surface area contributed by atoms with Gasteiger partial charge in [0.2, 0.25) is 0 Å². The number of carbonyl (C=O) groups excluding carboxylic acids is 2. The molecule has 2 amide bonds. The van der Waals surface area contributed by atoms with E-state index in [4.69, 9.17) is 9.47 Å². The number of nitrogens with one attached hydrogen (secondary N) is 1. The van der Waals surface area contributed by atoms with Crippen molar-refractivity contribution in [3.8, 4) is 0 Å². The van der Waals surface area contributed by atoms with Gasteiger partial charge in [-0.2, -0.15) is 0 Å². The highest BCUT2D eigenvalue weighted by atomic mass is 19.1. The molecule has 1 heterocycles. The lowest BCUT2D eigenvalue weighted by Crippen LogP contribution is -2.49. The second-order valence-electron chi connectivity index (χ2n) is 6.79. The molecule has 6 nitrogen and oxygen atoms in total. The van der Waals surface area contributed by atoms with Crippen molar-refractivity contribution in [3.63, 3.8) is 0 Å². The average molecular weight is 350 g/mol. The second-order valence-corrected chi connectivity index (χ2v) is 6.79. The van der Waals surface area contributed by atoms with Gasteiger partial charge in [-0.15, -0.1) is 0 Å². The van der Waals surface area contributed by atoms with Crippen LogP contribution in [0.25, 0.3) is 0 Å². The van der Waals surface area contributed by atoms with Crippen molar-refractivity contribution in [2.45, 2.75) is 39.0 Å². The van der Waals surface area contributed by atoms with Gasteiger partial charge in [-0.25, -0.2) is 14.0 Å². The summed E-state index contributed by atoms with van der Waals surface area (Å²) in [6.45, 7) is 5.25. The Bertz CT molecular complexity index is 640. The van der Waals surface area contributed by atoms with Crippen molar-refractivity contribution in [1.82, 2.24) is 10.2 Å². The largest absolute Gasteiger partial charge is 0.445 e. The third-order valence-corrected chi connectivity index (χ3v) is 3.31. The number of alkyl carbamates (subject to hydrolysis) is 1. The normalized spacial score (nSPS) is 17.5. The minimum atomic E-state index is -0.677. The van der Waals surface area contributed by atoms with E-state index in [-0.39, 0.29) is 19.7 Å². The predicted octanol–water partition coefficient (Wildman–Crippen LogP) is 3.39. The molecule has 2 rings (SSSR count). The maximum absolute atomic E-state index is 13.8. The van der Waals surface area contributed by atoms with Gasteiger partial charge in [-0.1, -0.05) is 30.3 Å². The van der Waals surface area contributed by atoms with Crippen LogP contribution in [0.4, 0.5) is 14.0 Å². The summed E-state index contributed by atoms with van der Waals surface area (Å²) in [7, 11) is 0. The summed E-state index contributed by atoms with van der Waals surface area (Å²) >= 11 is 0. The topological polar surface area (TPSA) is 67.9 Å². The van der Waals surface area contributed by atoms with E-state index in [0.29, 0.717) is 0 Å². The van der Waals surface area contributed by atoms with Crippen LogP contribution < -0.4 is 5.32 Å². The van der Waals surface area contributed by atoms with Gasteiger partial charge in [0.1, 0.15) is 18.0 Å². The van der Waals surface area contributed by atoms with Crippen molar-refractivity contribution >= 4 is 12.2 Å². The van der Waals surface area contributed by atoms with Crippen LogP contribution in [0.2, 0.25) is 0 Å². The lowest BCUT2D eigenvalue weighted by molar-refractivity contribution is 0.0232. The highest BCUT2D eigenvalue weighted by molar-refractivity contribution is 5.70. The van der Waals surface area contributed by atoms with Gasteiger partial charge in [-0.05, 0) is 32.4 Å². The first-order chi connectivity index (χ1) is 11.7. The van der Waals surface area contributed by atoms with Gasteiger partial charge in [0.15, 0.2) is 0 Å². The minimum Gasteiger partial charge on any atom is -0.445 e. The Hall–Kier alpha value is -2.57. The van der Waals surface area contributed by atoms with Gasteiger partial charge in [0, 0.05) is 6.54 Å². The molecule has 1 N–H and O–H groups in total. The van der Waals surface area contributed by atoms with E-state index in [2.05, 4.69) is 5.32 Å². The van der Waals surface area contributed by atoms with Crippen molar-refractivity contribution < 1.29 is 23.5 Å². The molecule has 1 aromatic rings. The summed E-state index contributed by atoms with van der Waals surface area (Å²) in [4.78, 5) is 25.2. The first-order valence-electron chi connectivity index (χ1n) is 8.04. The molecule has 0 spiro atoms. The fourth-order valence-electron chi connectivity index (χ4n) is 2.28. The van der Waals surface area contributed by atoms with Crippen LogP contribution in [-0.2, 0) is 16.1 Å². The van der Waals surface area contributed by atoms with Crippen molar-refractivity contribution in [1.29, 1.82) is 0 Å². The van der Waals surface area contributed by atoms with E-state index < -0.39 is 29.7 Å². The quantitative estimate of drug-likeness (QED) is 0.907. The highest BCUT2D eigenvalue weighted by Gasteiger charge is 2.29. The van der Waals surface area contributed by atoms with Crippen molar-refractivity contribution in [2.75, 3.05) is 13.1 Å². The predicted molar refractivity (Wildman–Crippen MR) is 90.5 cm³/mol. The molecule has 25 heavy (non-hydrogen) atoms. The van der Waals surface area contributed by atoms with Crippen molar-refractivity contribution in [3.05, 3.63) is 47.8 Å². The standard InChI is InChI=1S/C18H23FN2O4/c1-18(2,3)25-17(23)21-10-14(19)9-15(11-21)20-16(22)24-12-13-7-5-4-6-8-13/h4-9,15H,10-12H2,1-3H3,(H,20,22). The van der Waals surface area contributed by atoms with E-state index in [1.807, 2.05) is 30.3 Å². The number of rotatable bonds is 3. The maximum atomic E-state index is 13.8. The van der Waals surface area contributed by atoms with Gasteiger partial charge in [0.05, 0.1) is 12.6 Å². The number of halogens is 1. The number of hydrogen-bond donors (Lipinski definition) is 1. The van der Waals surface area contributed by atoms with Crippen LogP contribution in [0.5, 0.6) is 0 Å². The number of ether oxygens (including phenoxy) is 2. The molecule has 1 aliphatic heterocycles. The summed E-state index contributed by atoms with van der Waals surface area (Å²) in [5.74, 6) is -0.509. The lowest BCUT2D eigenvalue weighted by Gasteiger charge is -2.32. The van der Waals surface area contributed by atoms with Crippen LogP contribution in [0.3, 0.4) is 0 Å². The molecule has 7 heteroatoms. The molecule has 0 aromatic heterocycles. The monoisotopic (exact) mass is 350 g/mol. The summed E-state index contributed by atoms with van der Waals surface area (Å²) in [5.41, 5.74) is 0.171. The number of amides is 2. The van der Waals surface area contributed by atoms with Gasteiger partial charge in [0.25, 0.3) is 0 Å². The van der Waals surface area contributed by atoms with Crippen LogP contribution in [-0.4, -0.2) is 41.8 Å². The number of hydrogen-bond acceptors (Lipinski definition) is 4. The fourth-order valence-corrected chi connectivity index (χ4v) is 2.28. The number of carbonyl (C=O) groups is 2. The molecule has 0 fully saturated rings. The lowest BCUT2D eigenvalue weighted by atomic mass is 10.1. The fraction of sp³-hybridized carbons (Fsp3) is 0.444. The maximum Gasteiger partial charge on any atom is 0.410 e. The Morgan fingerprint density at radius 2 is 1.96 bits per heavy atom. The summed E-state index contributed by atoms with van der Waals surface area (Å²) in [6, 6.07) is 8.53. The van der Waals surface area contributed by atoms with E-state index in [1.54, 1.807) is 20.8 Å². The second kappa shape index (κ2) is 8.00. The molecular formula is C18H23FN2O4. The minimum absolute atomic E-state index is 0.112. The molecule has 1 atom stereocenters. The smallest absolute Gasteiger partial charge is 0.410 e. The number of benzene rings is 1. The van der Waals surface area contributed by atoms with Gasteiger partial charge >= 0.3 is 12.2 Å². The average Bonchev–Trinajstić information content (AvgIpc) is 2.52. The molecule has 0 saturated heterocycles. The molecule has 1 aromatic carbocycles. The molecule has 0 radical (unpaired) electrons. The third kappa shape index (κ3) is 6.45. The Balaban J connectivity index is 1.87. The molecule has 0 aliphatic carbocycles. The summed E-state index contributed by atoms with van der Waals surface area (Å²) in [5, 5.41) is 2.54. The summed E-state index contributed by atoms with van der Waals surface area (Å²) in [6.07, 6.45) is -0.0332. The zero-order chi connectivity index (χ0) is 18.4. The zero-order valence-corrected chi connectivity index (χ0v) is 14.6. The van der Waals surface area contributed by atoms with Crippen LogP contribution in [0.1, 0.15) is 26.3 Å². The molecular weight excluding hydrogens is 327 g/mol. The molecule has 0 bridgehead atoms. The SMILES string of the molecule is CC(C)(C)OC(=O)N1CC(F)=CC(NC(=O)OCc2ccccc2)C1. The molecule has 1 aliphatic rings. The van der Waals surface area contributed by atoms with E-state index in [1.165, 1.54) is 11.0 Å². The third-order valence-electron chi connectivity index (χ3n) is 3.31. The van der Waals surface area contributed by atoms with E-state index in [9.17, 15) is 14.0 Å². The first kappa shape index (κ1) is 18.8. The Kier molecular flexibility index (Phi) is 6.01. The number of nitrogens with zero attached hydrogens (tertiary/aromatic N) is 1. The van der Waals surface area contributed by atoms with Gasteiger partial charge in [-0.3, -0.25) is 4.90 Å². The molecule has 136 valence electrons. The van der Waals surface area contributed by atoms with E-state index in [0.717, 1.165) is 5.56 Å². The van der Waals surface area contributed by atoms with Gasteiger partial charge < -0.3 is 14.8 Å². The van der Waals surface area contributed by atoms with Crippen LogP contribution in [0, 0.1) is 0 Å². The Labute approximate surface area is 146 Å². The first-order valence-corrected chi connectivity index (χ1v) is 8.04.